The number of benzene rings is 1. The number of aromatic nitrogens is 2. The standard InChI is InChI=1S/C22H24FN5O2/c1-12-7-20(27-28(12)13(2)29)15-4-3-14(19(23)10-15)8-18(11-24)26-22(30)21-16-5-6-17(9-16)25-21/h3-4,7,10,16-18,21,25H,5-6,8-9H2,1-2H3,(H,26,30)/t16-,17-,18?,21-/m0/s1. The molecule has 8 heteroatoms. The maximum atomic E-state index is 14.7. The number of nitrogens with one attached hydrogen (secondary N) is 2. The van der Waals surface area contributed by atoms with Gasteiger partial charge in [0, 0.05) is 30.6 Å². The average Bonchev–Trinajstić information content (AvgIpc) is 3.44. The van der Waals surface area contributed by atoms with E-state index in [1.807, 2.05) is 0 Å². The third kappa shape index (κ3) is 3.85. The summed E-state index contributed by atoms with van der Waals surface area (Å²) in [6.07, 6.45) is 3.21. The molecule has 2 N–H and O–H groups in total. The maximum absolute atomic E-state index is 14.7. The van der Waals surface area contributed by atoms with Gasteiger partial charge in [0.15, 0.2) is 0 Å². The second-order valence-electron chi connectivity index (χ2n) is 8.22. The minimum absolute atomic E-state index is 0.0794. The van der Waals surface area contributed by atoms with Crippen LogP contribution in [0.4, 0.5) is 4.39 Å². The zero-order valence-electron chi connectivity index (χ0n) is 17.0. The number of hydrogen-bond acceptors (Lipinski definition) is 5. The van der Waals surface area contributed by atoms with Gasteiger partial charge >= 0.3 is 0 Å². The molecule has 1 amide bonds. The van der Waals surface area contributed by atoms with Crippen LogP contribution >= 0.6 is 0 Å². The van der Waals surface area contributed by atoms with Gasteiger partial charge in [0.25, 0.3) is 0 Å². The van der Waals surface area contributed by atoms with Crippen molar-refractivity contribution in [1.82, 2.24) is 20.4 Å². The monoisotopic (exact) mass is 409 g/mol. The molecular weight excluding hydrogens is 385 g/mol. The molecule has 1 saturated carbocycles. The van der Waals surface area contributed by atoms with Gasteiger partial charge in [0.2, 0.25) is 11.8 Å². The van der Waals surface area contributed by atoms with E-state index in [1.54, 1.807) is 25.1 Å². The van der Waals surface area contributed by atoms with E-state index in [0.29, 0.717) is 34.5 Å². The van der Waals surface area contributed by atoms with E-state index in [0.717, 1.165) is 19.3 Å². The Morgan fingerprint density at radius 2 is 2.20 bits per heavy atom. The second kappa shape index (κ2) is 8.00. The van der Waals surface area contributed by atoms with Crippen LogP contribution in [0, 0.1) is 30.0 Å². The smallest absolute Gasteiger partial charge is 0.243 e. The number of carbonyl (C=O) groups is 2. The highest BCUT2D eigenvalue weighted by Crippen LogP contribution is 2.35. The first kappa shape index (κ1) is 20.2. The number of aryl methyl sites for hydroxylation is 1. The van der Waals surface area contributed by atoms with Crippen LogP contribution in [0.25, 0.3) is 11.3 Å². The quantitative estimate of drug-likeness (QED) is 0.790. The van der Waals surface area contributed by atoms with E-state index >= 15 is 0 Å². The topological polar surface area (TPSA) is 99.8 Å². The first-order valence-electron chi connectivity index (χ1n) is 10.2. The van der Waals surface area contributed by atoms with E-state index in [9.17, 15) is 19.2 Å². The summed E-state index contributed by atoms with van der Waals surface area (Å²) < 4.78 is 16.0. The molecule has 2 heterocycles. The minimum Gasteiger partial charge on any atom is -0.339 e. The van der Waals surface area contributed by atoms with Crippen molar-refractivity contribution in [2.75, 3.05) is 0 Å². The molecule has 1 aliphatic carbocycles. The minimum atomic E-state index is -0.807. The number of amides is 1. The number of piperidine rings is 1. The number of halogens is 1. The third-order valence-electron chi connectivity index (χ3n) is 6.07. The second-order valence-corrected chi connectivity index (χ2v) is 8.22. The highest BCUT2D eigenvalue weighted by Gasteiger charge is 2.43. The highest BCUT2D eigenvalue weighted by molar-refractivity contribution is 5.83. The Bertz CT molecular complexity index is 1040. The molecule has 2 bridgehead atoms. The zero-order chi connectivity index (χ0) is 21.4. The predicted octanol–water partition coefficient (Wildman–Crippen LogP) is 2.35. The maximum Gasteiger partial charge on any atom is 0.243 e. The Morgan fingerprint density at radius 1 is 1.40 bits per heavy atom. The normalized spacial score (nSPS) is 23.2. The summed E-state index contributed by atoms with van der Waals surface area (Å²) in [5.41, 5.74) is 2.06. The van der Waals surface area contributed by atoms with E-state index < -0.39 is 11.9 Å². The summed E-state index contributed by atoms with van der Waals surface area (Å²) in [5, 5.41) is 19.7. The molecule has 7 nitrogen and oxygen atoms in total. The van der Waals surface area contributed by atoms with Crippen LogP contribution in [0.1, 0.15) is 42.2 Å². The lowest BCUT2D eigenvalue weighted by atomic mass is 9.98. The summed E-state index contributed by atoms with van der Waals surface area (Å²) >= 11 is 0. The molecule has 1 saturated heterocycles. The fourth-order valence-corrected chi connectivity index (χ4v) is 4.57. The number of nitrogens with zero attached hydrogens (tertiary/aromatic N) is 3. The summed E-state index contributed by atoms with van der Waals surface area (Å²) in [7, 11) is 0. The van der Waals surface area contributed by atoms with Crippen molar-refractivity contribution in [3.05, 3.63) is 41.3 Å². The van der Waals surface area contributed by atoms with Crippen LogP contribution in [-0.4, -0.2) is 39.7 Å². The molecule has 2 aromatic rings. The van der Waals surface area contributed by atoms with Gasteiger partial charge in [0.05, 0.1) is 17.8 Å². The highest BCUT2D eigenvalue weighted by atomic mass is 19.1. The first-order valence-corrected chi connectivity index (χ1v) is 10.2. The molecule has 1 unspecified atom stereocenters. The van der Waals surface area contributed by atoms with Crippen LogP contribution in [0.2, 0.25) is 0 Å². The lowest BCUT2D eigenvalue weighted by Gasteiger charge is -2.23. The van der Waals surface area contributed by atoms with Crippen LogP contribution in [0.5, 0.6) is 0 Å². The molecule has 30 heavy (non-hydrogen) atoms. The summed E-state index contributed by atoms with van der Waals surface area (Å²) in [5.74, 6) is -0.553. The molecule has 2 fully saturated rings. The van der Waals surface area contributed by atoms with Gasteiger partial charge in [-0.15, -0.1) is 0 Å². The van der Waals surface area contributed by atoms with E-state index in [2.05, 4.69) is 21.8 Å². The molecule has 1 aromatic heterocycles. The first-order chi connectivity index (χ1) is 14.4. The van der Waals surface area contributed by atoms with E-state index in [4.69, 9.17) is 0 Å². The van der Waals surface area contributed by atoms with Gasteiger partial charge in [-0.3, -0.25) is 9.59 Å². The predicted molar refractivity (Wildman–Crippen MR) is 108 cm³/mol. The number of rotatable bonds is 5. The van der Waals surface area contributed by atoms with Gasteiger partial charge in [-0.2, -0.15) is 10.4 Å². The van der Waals surface area contributed by atoms with Gasteiger partial charge in [-0.05, 0) is 49.8 Å². The average molecular weight is 409 g/mol. The number of carbonyl (C=O) groups excluding carboxylic acids is 2. The third-order valence-corrected chi connectivity index (χ3v) is 6.07. The SMILES string of the molecule is CC(=O)n1nc(-c2ccc(CC(C#N)NC(=O)[C@H]3N[C@H]4CC[C@H]3C4)c(F)c2)cc1C. The Balaban J connectivity index is 1.45. The zero-order valence-corrected chi connectivity index (χ0v) is 17.0. The molecule has 156 valence electrons. The van der Waals surface area contributed by atoms with Crippen molar-refractivity contribution >= 4 is 11.8 Å². The molecule has 4 rings (SSSR count). The molecule has 0 spiro atoms. The molecular formula is C22H24FN5O2. The fourth-order valence-electron chi connectivity index (χ4n) is 4.57. The lowest BCUT2D eigenvalue weighted by molar-refractivity contribution is -0.124. The molecule has 1 aliphatic heterocycles. The Kier molecular flexibility index (Phi) is 5.39. The number of fused-ring (bicyclic) bond motifs is 2. The summed E-state index contributed by atoms with van der Waals surface area (Å²) in [4.78, 5) is 24.1. The van der Waals surface area contributed by atoms with Crippen LogP contribution < -0.4 is 10.6 Å². The molecule has 1 aromatic carbocycles. The summed E-state index contributed by atoms with van der Waals surface area (Å²) in [6.45, 7) is 3.17. The van der Waals surface area contributed by atoms with Gasteiger partial charge in [-0.25, -0.2) is 9.07 Å². The van der Waals surface area contributed by atoms with Crippen molar-refractivity contribution in [2.45, 2.75) is 57.7 Å². The summed E-state index contributed by atoms with van der Waals surface area (Å²) in [6, 6.07) is 7.76. The molecule has 4 atom stereocenters. The largest absolute Gasteiger partial charge is 0.339 e. The Labute approximate surface area is 174 Å². The Morgan fingerprint density at radius 3 is 2.77 bits per heavy atom. The van der Waals surface area contributed by atoms with Gasteiger partial charge in [-0.1, -0.05) is 12.1 Å². The Hall–Kier alpha value is -3.05. The molecule has 2 aliphatic rings. The fraction of sp³-hybridized carbons (Fsp3) is 0.455. The van der Waals surface area contributed by atoms with Gasteiger partial charge in [0.1, 0.15) is 11.9 Å². The van der Waals surface area contributed by atoms with Gasteiger partial charge < -0.3 is 10.6 Å². The van der Waals surface area contributed by atoms with Crippen molar-refractivity contribution in [3.8, 4) is 17.3 Å². The van der Waals surface area contributed by atoms with Crippen LogP contribution in [0.15, 0.2) is 24.3 Å². The number of hydrogen-bond donors (Lipinski definition) is 2. The van der Waals surface area contributed by atoms with Crippen molar-refractivity contribution in [3.63, 3.8) is 0 Å². The lowest BCUT2D eigenvalue weighted by Crippen LogP contribution is -2.50. The van der Waals surface area contributed by atoms with Crippen molar-refractivity contribution < 1.29 is 14.0 Å². The van der Waals surface area contributed by atoms with E-state index in [1.165, 1.54) is 17.7 Å². The molecule has 0 radical (unpaired) electrons. The van der Waals surface area contributed by atoms with Crippen molar-refractivity contribution in [2.24, 2.45) is 5.92 Å². The van der Waals surface area contributed by atoms with Crippen molar-refractivity contribution in [1.29, 1.82) is 5.26 Å². The van der Waals surface area contributed by atoms with E-state index in [-0.39, 0.29) is 24.3 Å². The number of nitriles is 1. The van der Waals surface area contributed by atoms with Crippen LogP contribution in [-0.2, 0) is 11.2 Å². The van der Waals surface area contributed by atoms with Crippen LogP contribution in [0.3, 0.4) is 0 Å².